The van der Waals surface area contributed by atoms with E-state index >= 15 is 0 Å². The smallest absolute Gasteiger partial charge is 0.316 e. The molecule has 1 aromatic carbocycles. The van der Waals surface area contributed by atoms with Gasteiger partial charge in [0.05, 0.1) is 37.1 Å². The molecule has 0 amide bonds. The lowest BCUT2D eigenvalue weighted by molar-refractivity contribution is -0.296. The molecule has 3 saturated heterocycles. The summed E-state index contributed by atoms with van der Waals surface area (Å²) in [6.07, 6.45) is -1.78. The van der Waals surface area contributed by atoms with Crippen molar-refractivity contribution in [2.24, 2.45) is 22.7 Å². The van der Waals surface area contributed by atoms with E-state index in [-0.39, 0.29) is 50.8 Å². The second-order valence-corrected chi connectivity index (χ2v) is 15.6. The summed E-state index contributed by atoms with van der Waals surface area (Å²) in [6.45, 7) is 12.8. The van der Waals surface area contributed by atoms with E-state index in [1.54, 1.807) is 21.0 Å². The van der Waals surface area contributed by atoms with E-state index in [0.29, 0.717) is 18.6 Å². The van der Waals surface area contributed by atoms with Gasteiger partial charge in [-0.15, -0.1) is 0 Å². The van der Waals surface area contributed by atoms with Crippen molar-refractivity contribution in [1.29, 1.82) is 0 Å². The Bertz CT molecular complexity index is 1400. The van der Waals surface area contributed by atoms with Crippen molar-refractivity contribution in [2.45, 2.75) is 128 Å². The summed E-state index contributed by atoms with van der Waals surface area (Å²) in [7, 11) is 5.36. The number of fused-ring (bicyclic) bond motifs is 5. The number of benzene rings is 1. The summed E-state index contributed by atoms with van der Waals surface area (Å²) in [4.78, 5) is 34.9. The van der Waals surface area contributed by atoms with E-state index in [9.17, 15) is 19.8 Å². The van der Waals surface area contributed by atoms with Crippen LogP contribution in [0.5, 0.6) is 0 Å². The molecule has 2 bridgehead atoms. The maximum absolute atomic E-state index is 14.4. The summed E-state index contributed by atoms with van der Waals surface area (Å²) in [5, 5.41) is 23.8. The number of methoxy groups -OCH3 is 1. The number of aliphatic hydroxyl groups is 2. The number of Topliss-reactive ketones (excluding diaryl/α,β-unsaturated/α-hetero) is 1. The van der Waals surface area contributed by atoms with Gasteiger partial charge in [0.2, 0.25) is 0 Å². The number of carbonyl (C=O) groups excluding carboxylic acids is 2. The van der Waals surface area contributed by atoms with Crippen LogP contribution >= 0.6 is 0 Å². The van der Waals surface area contributed by atoms with Gasteiger partial charge in [-0.2, -0.15) is 0 Å². The van der Waals surface area contributed by atoms with Crippen molar-refractivity contribution in [2.75, 3.05) is 41.1 Å². The zero-order chi connectivity index (χ0) is 38.4. The molecule has 0 radical (unpaired) electrons. The first-order valence-corrected chi connectivity index (χ1v) is 18.7. The van der Waals surface area contributed by atoms with Crippen molar-refractivity contribution < 1.29 is 48.2 Å². The molecule has 2 N–H and O–H groups in total. The molecule has 0 unspecified atom stereocenters. The van der Waals surface area contributed by atoms with Crippen LogP contribution in [0.3, 0.4) is 0 Å². The monoisotopic (exact) mass is 730 g/mol. The maximum atomic E-state index is 14.4. The average molecular weight is 731 g/mol. The van der Waals surface area contributed by atoms with Gasteiger partial charge in [0.15, 0.2) is 12.1 Å². The number of aliphatic imine (C=N–C) groups is 1. The van der Waals surface area contributed by atoms with E-state index in [1.165, 1.54) is 6.92 Å². The van der Waals surface area contributed by atoms with E-state index in [4.69, 9.17) is 33.4 Å². The Labute approximate surface area is 309 Å². The van der Waals surface area contributed by atoms with Crippen molar-refractivity contribution in [3.8, 4) is 0 Å². The third-order valence-corrected chi connectivity index (χ3v) is 11.1. The molecule has 12 atom stereocenters. The molecule has 3 heterocycles. The Kier molecular flexibility index (Phi) is 14.8. The van der Waals surface area contributed by atoms with Crippen molar-refractivity contribution in [3.63, 3.8) is 0 Å². The second-order valence-electron chi connectivity index (χ2n) is 15.6. The molecule has 52 heavy (non-hydrogen) atoms. The largest absolute Gasteiger partial charge is 0.459 e. The number of ketones is 1. The number of nitrogens with zero attached hydrogens (tertiary/aromatic N) is 2. The van der Waals surface area contributed by atoms with Crippen LogP contribution in [-0.4, -0.2) is 128 Å². The first kappa shape index (κ1) is 42.2. The standard InChI is InChI=1S/C40H62N2O10/c1-11-32-40(7,46)33-19-30(41-23-47-10)24(2)20-39(6,49-22-29(21-48-33)18-28-15-13-12-14-16-28)36(26(4)34(43)27(5)37(45)51-32)52-38-35(44)31(42(8)9)17-25(3)50-38/h12-16,18,24-27,31-33,35-36,38,44,46H,11,17,19-23H2,1-10H3/b29-18-,41-30+/t24-,25-,26+,27-,31+,32+,33+,35-,36-,38+,39-,40-/m1/s1. The number of esters is 1. The van der Waals surface area contributed by atoms with Crippen LogP contribution in [0.15, 0.2) is 40.9 Å². The van der Waals surface area contributed by atoms with Crippen LogP contribution in [0, 0.1) is 17.8 Å². The first-order valence-electron chi connectivity index (χ1n) is 18.7. The topological polar surface area (TPSA) is 146 Å². The minimum Gasteiger partial charge on any atom is -0.459 e. The fourth-order valence-corrected chi connectivity index (χ4v) is 7.87. The summed E-state index contributed by atoms with van der Waals surface area (Å²) in [5.41, 5.74) is -0.434. The predicted octanol–water partition coefficient (Wildman–Crippen LogP) is 4.44. The molecule has 3 aliphatic heterocycles. The normalized spacial score (nSPS) is 40.2. The highest BCUT2D eigenvalue weighted by Crippen LogP contribution is 2.39. The van der Waals surface area contributed by atoms with Gasteiger partial charge in [-0.1, -0.05) is 57.2 Å². The van der Waals surface area contributed by atoms with Crippen molar-refractivity contribution in [3.05, 3.63) is 41.5 Å². The summed E-state index contributed by atoms with van der Waals surface area (Å²) in [6, 6.07) is 9.54. The number of likely N-dealkylation sites (N-methyl/N-ethyl adjacent to an activating group) is 1. The van der Waals surface area contributed by atoms with Crippen molar-refractivity contribution >= 4 is 23.5 Å². The molecule has 0 aliphatic carbocycles. The number of cyclic esters (lactones) is 1. The van der Waals surface area contributed by atoms with Crippen molar-refractivity contribution in [1.82, 2.24) is 4.90 Å². The zero-order valence-corrected chi connectivity index (χ0v) is 32.7. The molecule has 12 heteroatoms. The summed E-state index contributed by atoms with van der Waals surface area (Å²) < 4.78 is 38.0. The highest BCUT2D eigenvalue weighted by Gasteiger charge is 2.51. The Morgan fingerprint density at radius 1 is 1.08 bits per heavy atom. The Hall–Kier alpha value is -2.55. The van der Waals surface area contributed by atoms with Gasteiger partial charge < -0.3 is 43.5 Å². The predicted molar refractivity (Wildman–Crippen MR) is 198 cm³/mol. The SMILES string of the molecule is CC[C@@H]1OC(=O)[C@H](C)C(=O)[C@H](C)[C@@H](O[C@@H]2O[C@H](C)C[C@H](N(C)C)[C@H]2O)[C@@]2(C)C[C@@H](C)/C(=N/COC)C[C@H](OC/C(=C/c3ccccc3)CO2)[C@]1(C)O. The van der Waals surface area contributed by atoms with E-state index in [2.05, 4.69) is 0 Å². The van der Waals surface area contributed by atoms with Gasteiger partial charge in [0, 0.05) is 31.2 Å². The van der Waals surface area contributed by atoms with Crippen LogP contribution < -0.4 is 0 Å². The van der Waals surface area contributed by atoms with Crippen LogP contribution in [0.1, 0.15) is 79.7 Å². The van der Waals surface area contributed by atoms with E-state index in [0.717, 1.165) is 11.1 Å². The number of ether oxygens (including phenoxy) is 6. The lowest BCUT2D eigenvalue weighted by Gasteiger charge is -2.47. The van der Waals surface area contributed by atoms with Gasteiger partial charge in [-0.25, -0.2) is 0 Å². The third-order valence-electron chi connectivity index (χ3n) is 11.1. The molecular weight excluding hydrogens is 668 g/mol. The fraction of sp³-hybridized carbons (Fsp3) is 0.725. The van der Waals surface area contributed by atoms with Gasteiger partial charge in [-0.3, -0.25) is 14.6 Å². The molecular formula is C40H62N2O10. The molecule has 292 valence electrons. The van der Waals surface area contributed by atoms with Crippen LogP contribution in [0.25, 0.3) is 6.08 Å². The Morgan fingerprint density at radius 3 is 2.40 bits per heavy atom. The third kappa shape index (κ3) is 9.95. The molecule has 1 aromatic rings. The number of aliphatic hydroxyl groups excluding tert-OH is 1. The Morgan fingerprint density at radius 2 is 1.77 bits per heavy atom. The quantitative estimate of drug-likeness (QED) is 0.303. The van der Waals surface area contributed by atoms with Gasteiger partial charge >= 0.3 is 5.97 Å². The minimum atomic E-state index is -1.66. The lowest BCUT2D eigenvalue weighted by Crippen LogP contribution is -2.59. The fourth-order valence-electron chi connectivity index (χ4n) is 7.87. The molecule has 4 rings (SSSR count). The Balaban J connectivity index is 1.94. The van der Waals surface area contributed by atoms with Gasteiger partial charge in [-0.05, 0) is 78.1 Å². The lowest BCUT2D eigenvalue weighted by atomic mass is 9.76. The molecule has 0 spiro atoms. The zero-order valence-electron chi connectivity index (χ0n) is 32.7. The average Bonchev–Trinajstić information content (AvgIpc) is 3.12. The first-order chi connectivity index (χ1) is 24.5. The van der Waals surface area contributed by atoms with E-state index < -0.39 is 65.5 Å². The molecule has 3 aliphatic rings. The highest BCUT2D eigenvalue weighted by atomic mass is 16.7. The van der Waals surface area contributed by atoms with Crippen LogP contribution in [0.4, 0.5) is 0 Å². The maximum Gasteiger partial charge on any atom is 0.316 e. The molecule has 12 nitrogen and oxygen atoms in total. The number of hydrogen-bond donors (Lipinski definition) is 2. The summed E-state index contributed by atoms with van der Waals surface area (Å²) >= 11 is 0. The van der Waals surface area contributed by atoms with Crippen LogP contribution in [0.2, 0.25) is 0 Å². The minimum absolute atomic E-state index is 0.0791. The molecule has 0 saturated carbocycles. The van der Waals surface area contributed by atoms with E-state index in [1.807, 2.05) is 83.1 Å². The molecule has 0 aromatic heterocycles. The van der Waals surface area contributed by atoms with Gasteiger partial charge in [0.25, 0.3) is 0 Å². The van der Waals surface area contributed by atoms with Gasteiger partial charge in [0.1, 0.15) is 30.5 Å². The summed E-state index contributed by atoms with van der Waals surface area (Å²) in [5.74, 6) is -3.54. The number of hydrogen-bond acceptors (Lipinski definition) is 12. The second kappa shape index (κ2) is 18.2. The highest BCUT2D eigenvalue weighted by molar-refractivity contribution is 6.00. The molecule has 3 fully saturated rings. The van der Waals surface area contributed by atoms with Crippen LogP contribution in [-0.2, 0) is 38.0 Å². The number of rotatable bonds is 7. The number of carbonyl (C=O) groups is 2.